The smallest absolute Gasteiger partial charge is 0.375 e. The molecule has 0 aliphatic heterocycles. The minimum Gasteiger partial charge on any atom is -0.477 e. The Morgan fingerprint density at radius 3 is 2.15 bits per heavy atom. The van der Waals surface area contributed by atoms with Gasteiger partial charge in [-0.15, -0.1) is 0 Å². The minimum absolute atomic E-state index is 0.0874. The molecule has 0 saturated heterocycles. The summed E-state index contributed by atoms with van der Waals surface area (Å²) >= 11 is 0. The Morgan fingerprint density at radius 1 is 1.38 bits per heavy atom. The van der Waals surface area contributed by atoms with Gasteiger partial charge >= 0.3 is 11.9 Å². The number of rotatable bonds is 5. The largest absolute Gasteiger partial charge is 0.477 e. The predicted octanol–water partition coefficient (Wildman–Crippen LogP) is 0.0668. The molecular formula is C7H13F2NO3. The zero-order valence-electron chi connectivity index (χ0n) is 7.47. The molecule has 78 valence electrons. The second-order valence-corrected chi connectivity index (χ2v) is 3.43. The molecule has 0 rings (SSSR count). The number of aliphatic hydroxyl groups is 1. The van der Waals surface area contributed by atoms with Crippen LogP contribution >= 0.6 is 0 Å². The Morgan fingerprint density at radius 2 is 1.85 bits per heavy atom. The summed E-state index contributed by atoms with van der Waals surface area (Å²) in [6.45, 7) is 1.79. The summed E-state index contributed by atoms with van der Waals surface area (Å²) in [4.78, 5) is 9.92. The van der Waals surface area contributed by atoms with Gasteiger partial charge in [-0.25, -0.2) is 4.79 Å². The fraction of sp³-hybridized carbons (Fsp3) is 0.857. The zero-order chi connectivity index (χ0) is 10.7. The molecule has 0 aromatic heterocycles. The number of carboxylic acid groups (broad SMARTS) is 1. The fourth-order valence-electron chi connectivity index (χ4n) is 0.601. The van der Waals surface area contributed by atoms with Gasteiger partial charge in [-0.2, -0.15) is 8.78 Å². The maximum atomic E-state index is 12.4. The number of halogens is 2. The van der Waals surface area contributed by atoms with Crippen LogP contribution in [0.1, 0.15) is 13.8 Å². The molecule has 6 heteroatoms. The summed E-state index contributed by atoms with van der Waals surface area (Å²) in [6, 6.07) is 0. The van der Waals surface area contributed by atoms with Crippen LogP contribution in [0, 0.1) is 0 Å². The number of aliphatic carboxylic acids is 1. The maximum absolute atomic E-state index is 12.4. The molecule has 3 N–H and O–H groups in total. The molecule has 0 aromatic carbocycles. The number of hydrogen-bond donors (Lipinski definition) is 3. The number of hydrogen-bond acceptors (Lipinski definition) is 3. The molecule has 0 spiro atoms. The molecule has 0 unspecified atom stereocenters. The summed E-state index contributed by atoms with van der Waals surface area (Å²) in [5.41, 5.74) is -1.13. The summed E-state index contributed by atoms with van der Waals surface area (Å²) in [5.74, 6) is -5.96. The van der Waals surface area contributed by atoms with E-state index in [-0.39, 0.29) is 6.54 Å². The lowest BCUT2D eigenvalue weighted by molar-refractivity contribution is -0.164. The van der Waals surface area contributed by atoms with E-state index in [4.69, 9.17) is 10.2 Å². The lowest BCUT2D eigenvalue weighted by Gasteiger charge is -2.19. The van der Waals surface area contributed by atoms with Crippen molar-refractivity contribution < 1.29 is 23.8 Å². The molecule has 0 radical (unpaired) electrons. The van der Waals surface area contributed by atoms with E-state index < -0.39 is 24.0 Å². The molecule has 0 amide bonds. The van der Waals surface area contributed by atoms with Crippen molar-refractivity contribution in [1.29, 1.82) is 0 Å². The predicted molar refractivity (Wildman–Crippen MR) is 41.8 cm³/mol. The van der Waals surface area contributed by atoms with Gasteiger partial charge in [-0.1, -0.05) is 0 Å². The highest BCUT2D eigenvalue weighted by Crippen LogP contribution is 2.11. The third kappa shape index (κ3) is 5.48. The molecular weight excluding hydrogens is 184 g/mol. The molecule has 0 fully saturated rings. The highest BCUT2D eigenvalue weighted by molar-refractivity contribution is 5.75. The molecule has 4 nitrogen and oxygen atoms in total. The van der Waals surface area contributed by atoms with Gasteiger partial charge in [-0.05, 0) is 13.8 Å². The van der Waals surface area contributed by atoms with Crippen molar-refractivity contribution in [3.8, 4) is 0 Å². The molecule has 0 aromatic rings. The number of carbonyl (C=O) groups is 1. The second-order valence-electron chi connectivity index (χ2n) is 3.43. The molecule has 0 bridgehead atoms. The number of carboxylic acids is 1. The first-order valence-corrected chi connectivity index (χ1v) is 3.69. The lowest BCUT2D eigenvalue weighted by atomic mass is 10.1. The van der Waals surface area contributed by atoms with Crippen molar-refractivity contribution >= 4 is 5.97 Å². The first-order valence-electron chi connectivity index (χ1n) is 3.69. The van der Waals surface area contributed by atoms with Gasteiger partial charge in [0.1, 0.15) is 0 Å². The molecule has 0 saturated carbocycles. The van der Waals surface area contributed by atoms with Gasteiger partial charge in [0.05, 0.1) is 12.1 Å². The summed E-state index contributed by atoms with van der Waals surface area (Å²) in [6.07, 6.45) is 0. The van der Waals surface area contributed by atoms with E-state index in [0.717, 1.165) is 0 Å². The van der Waals surface area contributed by atoms with Crippen LogP contribution in [0.5, 0.6) is 0 Å². The van der Waals surface area contributed by atoms with Crippen LogP contribution < -0.4 is 5.32 Å². The van der Waals surface area contributed by atoms with E-state index >= 15 is 0 Å². The Kier molecular flexibility index (Phi) is 3.74. The first kappa shape index (κ1) is 12.2. The van der Waals surface area contributed by atoms with E-state index in [2.05, 4.69) is 5.32 Å². The molecule has 13 heavy (non-hydrogen) atoms. The van der Waals surface area contributed by atoms with Gasteiger partial charge in [0.2, 0.25) is 0 Å². The second kappa shape index (κ2) is 3.97. The molecule has 0 aliphatic rings. The standard InChI is InChI=1S/C7H13F2NO3/c1-6(2,13)3-10-4-7(8,9)5(11)12/h10,13H,3-4H2,1-2H3,(H,11,12). The van der Waals surface area contributed by atoms with Crippen LogP contribution in [0.3, 0.4) is 0 Å². The van der Waals surface area contributed by atoms with Crippen LogP contribution in [-0.4, -0.2) is 40.8 Å². The Labute approximate surface area is 74.6 Å². The Balaban J connectivity index is 3.84. The van der Waals surface area contributed by atoms with Crippen molar-refractivity contribution in [1.82, 2.24) is 5.32 Å². The van der Waals surface area contributed by atoms with Gasteiger partial charge in [-0.3, -0.25) is 0 Å². The van der Waals surface area contributed by atoms with Crippen molar-refractivity contribution in [2.24, 2.45) is 0 Å². The van der Waals surface area contributed by atoms with E-state index in [1.165, 1.54) is 13.8 Å². The van der Waals surface area contributed by atoms with Crippen LogP contribution in [0.4, 0.5) is 8.78 Å². The average molecular weight is 197 g/mol. The van der Waals surface area contributed by atoms with Crippen LogP contribution in [0.2, 0.25) is 0 Å². The normalized spacial score (nSPS) is 13.0. The van der Waals surface area contributed by atoms with E-state index in [1.807, 2.05) is 0 Å². The SMILES string of the molecule is CC(C)(O)CNCC(F)(F)C(=O)O. The third-order valence-electron chi connectivity index (χ3n) is 1.22. The summed E-state index contributed by atoms with van der Waals surface area (Å²) < 4.78 is 24.8. The summed E-state index contributed by atoms with van der Waals surface area (Å²) in [5, 5.41) is 19.3. The number of nitrogens with one attached hydrogen (secondary N) is 1. The molecule has 0 heterocycles. The molecule has 0 atom stereocenters. The fourth-order valence-corrected chi connectivity index (χ4v) is 0.601. The van der Waals surface area contributed by atoms with Crippen LogP contribution in [0.25, 0.3) is 0 Å². The first-order chi connectivity index (χ1) is 5.65. The highest BCUT2D eigenvalue weighted by atomic mass is 19.3. The van der Waals surface area contributed by atoms with Gasteiger partial charge in [0.15, 0.2) is 0 Å². The van der Waals surface area contributed by atoms with Crippen molar-refractivity contribution in [3.63, 3.8) is 0 Å². The topological polar surface area (TPSA) is 69.6 Å². The van der Waals surface area contributed by atoms with Crippen LogP contribution in [0.15, 0.2) is 0 Å². The van der Waals surface area contributed by atoms with Gasteiger partial charge in [0, 0.05) is 6.54 Å². The Bertz CT molecular complexity index is 189. The monoisotopic (exact) mass is 197 g/mol. The Hall–Kier alpha value is -0.750. The van der Waals surface area contributed by atoms with Crippen LogP contribution in [-0.2, 0) is 4.79 Å². The van der Waals surface area contributed by atoms with Crippen molar-refractivity contribution in [2.75, 3.05) is 13.1 Å². The van der Waals surface area contributed by atoms with Gasteiger partial charge in [0.25, 0.3) is 0 Å². The van der Waals surface area contributed by atoms with Crippen molar-refractivity contribution in [2.45, 2.75) is 25.4 Å². The quantitative estimate of drug-likeness (QED) is 0.583. The third-order valence-corrected chi connectivity index (χ3v) is 1.22. The average Bonchev–Trinajstić information content (AvgIpc) is 1.82. The zero-order valence-corrected chi connectivity index (χ0v) is 7.47. The summed E-state index contributed by atoms with van der Waals surface area (Å²) in [7, 11) is 0. The molecule has 0 aliphatic carbocycles. The number of alkyl halides is 2. The van der Waals surface area contributed by atoms with Crippen molar-refractivity contribution in [3.05, 3.63) is 0 Å². The minimum atomic E-state index is -3.79. The lowest BCUT2D eigenvalue weighted by Crippen LogP contribution is -2.44. The van der Waals surface area contributed by atoms with E-state index in [0.29, 0.717) is 0 Å². The van der Waals surface area contributed by atoms with E-state index in [9.17, 15) is 13.6 Å². The van der Waals surface area contributed by atoms with E-state index in [1.54, 1.807) is 0 Å². The highest BCUT2D eigenvalue weighted by Gasteiger charge is 2.38. The van der Waals surface area contributed by atoms with Gasteiger partial charge < -0.3 is 15.5 Å². The maximum Gasteiger partial charge on any atom is 0.375 e.